The van der Waals surface area contributed by atoms with Crippen molar-refractivity contribution in [3.05, 3.63) is 52.2 Å². The summed E-state index contributed by atoms with van der Waals surface area (Å²) in [4.78, 5) is 1.37. The van der Waals surface area contributed by atoms with Gasteiger partial charge in [-0.2, -0.15) is 0 Å². The lowest BCUT2D eigenvalue weighted by molar-refractivity contribution is 0.168. The quantitative estimate of drug-likeness (QED) is 0.822. The van der Waals surface area contributed by atoms with Crippen molar-refractivity contribution in [2.75, 3.05) is 13.7 Å². The zero-order valence-corrected chi connectivity index (χ0v) is 13.0. The van der Waals surface area contributed by atoms with Gasteiger partial charge in [-0.15, -0.1) is 11.3 Å². The van der Waals surface area contributed by atoms with Gasteiger partial charge in [-0.25, -0.2) is 0 Å². The predicted molar refractivity (Wildman–Crippen MR) is 85.7 cm³/mol. The summed E-state index contributed by atoms with van der Waals surface area (Å²) in [5.74, 6) is 1.54. The van der Waals surface area contributed by atoms with Crippen LogP contribution in [0.2, 0.25) is 0 Å². The van der Waals surface area contributed by atoms with E-state index in [2.05, 4.69) is 22.8 Å². The lowest BCUT2D eigenvalue weighted by atomic mass is 10.1. The predicted octanol–water partition coefficient (Wildman–Crippen LogP) is 3.53. The molecule has 3 rings (SSSR count). The summed E-state index contributed by atoms with van der Waals surface area (Å²) in [6.45, 7) is 0.575. The Balaban J connectivity index is 1.60. The topological polar surface area (TPSA) is 41.5 Å². The van der Waals surface area contributed by atoms with Crippen LogP contribution in [0.5, 0.6) is 5.75 Å². The first kappa shape index (κ1) is 14.6. The van der Waals surface area contributed by atoms with E-state index >= 15 is 0 Å². The average Bonchev–Trinajstić information content (AvgIpc) is 3.21. The van der Waals surface area contributed by atoms with Gasteiger partial charge < -0.3 is 15.2 Å². The summed E-state index contributed by atoms with van der Waals surface area (Å²) < 4.78 is 5.14. The largest absolute Gasteiger partial charge is 0.497 e. The van der Waals surface area contributed by atoms with Gasteiger partial charge in [-0.3, -0.25) is 0 Å². The molecule has 1 saturated carbocycles. The Hall–Kier alpha value is -1.36. The zero-order chi connectivity index (χ0) is 14.7. The first-order chi connectivity index (χ1) is 10.3. The first-order valence-corrected chi connectivity index (χ1v) is 8.24. The molecule has 1 aliphatic carbocycles. The molecule has 0 amide bonds. The molecule has 2 atom stereocenters. The van der Waals surface area contributed by atoms with Crippen LogP contribution in [0.1, 0.15) is 35.4 Å². The maximum atomic E-state index is 10.3. The summed E-state index contributed by atoms with van der Waals surface area (Å²) in [6.07, 6.45) is 2.08. The van der Waals surface area contributed by atoms with Gasteiger partial charge in [0.15, 0.2) is 0 Å². The molecule has 0 spiro atoms. The Morgan fingerprint density at radius 2 is 2.05 bits per heavy atom. The molecule has 21 heavy (non-hydrogen) atoms. The number of nitrogens with one attached hydrogen (secondary N) is 1. The van der Waals surface area contributed by atoms with Gasteiger partial charge >= 0.3 is 0 Å². The van der Waals surface area contributed by atoms with Crippen LogP contribution in [0.4, 0.5) is 0 Å². The van der Waals surface area contributed by atoms with Crippen LogP contribution in [0.15, 0.2) is 41.8 Å². The summed E-state index contributed by atoms with van der Waals surface area (Å²) in [7, 11) is 1.65. The van der Waals surface area contributed by atoms with E-state index in [1.807, 2.05) is 24.3 Å². The molecule has 0 bridgehead atoms. The fourth-order valence-corrected chi connectivity index (χ4v) is 3.47. The molecule has 1 aliphatic rings. The lowest BCUT2D eigenvalue weighted by Crippen LogP contribution is -2.27. The van der Waals surface area contributed by atoms with Gasteiger partial charge in [-0.05, 0) is 47.9 Å². The van der Waals surface area contributed by atoms with Crippen molar-refractivity contribution in [1.82, 2.24) is 5.32 Å². The molecule has 0 radical (unpaired) electrons. The molecule has 0 saturated heterocycles. The third-order valence-electron chi connectivity index (χ3n) is 3.97. The smallest absolute Gasteiger partial charge is 0.118 e. The third-order valence-corrected chi connectivity index (χ3v) is 4.93. The maximum absolute atomic E-state index is 10.3. The number of benzene rings is 1. The molecule has 1 aromatic heterocycles. The van der Waals surface area contributed by atoms with E-state index in [0.717, 1.165) is 17.2 Å². The van der Waals surface area contributed by atoms with Crippen molar-refractivity contribution in [3.63, 3.8) is 0 Å². The van der Waals surface area contributed by atoms with Gasteiger partial charge in [0, 0.05) is 17.5 Å². The minimum Gasteiger partial charge on any atom is -0.497 e. The monoisotopic (exact) mass is 303 g/mol. The van der Waals surface area contributed by atoms with Crippen molar-refractivity contribution in [2.45, 2.75) is 25.0 Å². The van der Waals surface area contributed by atoms with Crippen molar-refractivity contribution in [2.24, 2.45) is 5.92 Å². The van der Waals surface area contributed by atoms with Gasteiger partial charge in [0.05, 0.1) is 13.2 Å². The Labute approximate surface area is 129 Å². The van der Waals surface area contributed by atoms with Crippen molar-refractivity contribution < 1.29 is 9.84 Å². The van der Waals surface area contributed by atoms with Crippen LogP contribution >= 0.6 is 11.3 Å². The maximum Gasteiger partial charge on any atom is 0.118 e. The number of rotatable bonds is 7. The van der Waals surface area contributed by atoms with Gasteiger partial charge in [-0.1, -0.05) is 18.2 Å². The van der Waals surface area contributed by atoms with Crippen LogP contribution in [0.3, 0.4) is 0 Å². The number of hydrogen-bond acceptors (Lipinski definition) is 4. The molecule has 1 heterocycles. The molecule has 1 fully saturated rings. The SMILES string of the molecule is COc1ccc([C@@H](O)CN[C@@H](c2cccs2)C2CC2)cc1. The lowest BCUT2D eigenvalue weighted by Gasteiger charge is -2.20. The molecule has 1 aromatic carbocycles. The summed E-state index contributed by atoms with van der Waals surface area (Å²) in [5.41, 5.74) is 0.920. The van der Waals surface area contributed by atoms with Crippen LogP contribution in [-0.2, 0) is 0 Å². The summed E-state index contributed by atoms with van der Waals surface area (Å²) >= 11 is 1.79. The van der Waals surface area contributed by atoms with Gasteiger partial charge in [0.2, 0.25) is 0 Å². The van der Waals surface area contributed by atoms with Crippen LogP contribution in [-0.4, -0.2) is 18.8 Å². The highest BCUT2D eigenvalue weighted by Crippen LogP contribution is 2.42. The second-order valence-corrected chi connectivity index (χ2v) is 6.51. The Kier molecular flexibility index (Phi) is 4.58. The fraction of sp³-hybridized carbons (Fsp3) is 0.412. The molecule has 3 nitrogen and oxygen atoms in total. The second kappa shape index (κ2) is 6.60. The number of aliphatic hydroxyl groups is 1. The molecule has 112 valence electrons. The molecule has 0 aliphatic heterocycles. The summed E-state index contributed by atoms with van der Waals surface area (Å²) in [6, 6.07) is 12.3. The highest BCUT2D eigenvalue weighted by molar-refractivity contribution is 7.10. The van der Waals surface area contributed by atoms with Crippen molar-refractivity contribution in [1.29, 1.82) is 0 Å². The second-order valence-electron chi connectivity index (χ2n) is 5.53. The molecule has 2 N–H and O–H groups in total. The molecular weight excluding hydrogens is 282 g/mol. The minimum absolute atomic E-state index is 0.387. The van der Waals surface area contributed by atoms with E-state index in [0.29, 0.717) is 12.6 Å². The van der Waals surface area contributed by atoms with E-state index in [-0.39, 0.29) is 0 Å². The van der Waals surface area contributed by atoms with Crippen molar-refractivity contribution >= 4 is 11.3 Å². The first-order valence-electron chi connectivity index (χ1n) is 7.36. The molecule has 2 aromatic rings. The van der Waals surface area contributed by atoms with E-state index in [9.17, 15) is 5.11 Å². The van der Waals surface area contributed by atoms with E-state index in [1.165, 1.54) is 17.7 Å². The van der Waals surface area contributed by atoms with E-state index < -0.39 is 6.10 Å². The number of methoxy groups -OCH3 is 1. The van der Waals surface area contributed by atoms with Crippen LogP contribution < -0.4 is 10.1 Å². The number of thiophene rings is 1. The number of aliphatic hydroxyl groups excluding tert-OH is 1. The van der Waals surface area contributed by atoms with Crippen LogP contribution in [0, 0.1) is 5.92 Å². The zero-order valence-electron chi connectivity index (χ0n) is 12.2. The highest BCUT2D eigenvalue weighted by Gasteiger charge is 2.32. The van der Waals surface area contributed by atoms with E-state index in [1.54, 1.807) is 18.4 Å². The fourth-order valence-electron chi connectivity index (χ4n) is 2.58. The normalized spacial score (nSPS) is 17.4. The van der Waals surface area contributed by atoms with Gasteiger partial charge in [0.25, 0.3) is 0 Å². The van der Waals surface area contributed by atoms with E-state index in [4.69, 9.17) is 4.74 Å². The Bertz CT molecular complexity index is 549. The van der Waals surface area contributed by atoms with Gasteiger partial charge in [0.1, 0.15) is 5.75 Å². The van der Waals surface area contributed by atoms with Crippen molar-refractivity contribution in [3.8, 4) is 5.75 Å². The minimum atomic E-state index is -0.489. The number of ether oxygens (including phenoxy) is 1. The standard InChI is InChI=1S/C17H21NO2S/c1-20-14-8-6-12(7-9-14)15(19)11-18-17(13-4-5-13)16-3-2-10-21-16/h2-3,6-10,13,15,17-19H,4-5,11H2,1H3/t15-,17+/m0/s1. The third kappa shape index (κ3) is 3.64. The highest BCUT2D eigenvalue weighted by atomic mass is 32.1. The Morgan fingerprint density at radius 1 is 1.29 bits per heavy atom. The molecule has 0 unspecified atom stereocenters. The average molecular weight is 303 g/mol. The number of hydrogen-bond donors (Lipinski definition) is 2. The summed E-state index contributed by atoms with van der Waals surface area (Å²) in [5, 5.41) is 16.0. The Morgan fingerprint density at radius 3 is 2.62 bits per heavy atom. The van der Waals surface area contributed by atoms with Crippen LogP contribution in [0.25, 0.3) is 0 Å². The molecule has 4 heteroatoms. The molecular formula is C17H21NO2S.